The fraction of sp³-hybridized carbons (Fsp3) is 0.125. The summed E-state index contributed by atoms with van der Waals surface area (Å²) in [6.45, 7) is 0. The molecule has 0 N–H and O–H groups in total. The standard InChI is InChI=1S/C8H5BrClIO2/c1-13-7-4(8(10)12)2-3-5(9)6(7)11/h2-3H,1H3. The van der Waals surface area contributed by atoms with E-state index in [1.165, 1.54) is 7.11 Å². The Bertz CT molecular complexity index is 354. The van der Waals surface area contributed by atoms with Crippen LogP contribution in [0.3, 0.4) is 0 Å². The van der Waals surface area contributed by atoms with E-state index in [1.54, 1.807) is 12.1 Å². The van der Waals surface area contributed by atoms with Gasteiger partial charge in [-0.25, -0.2) is 0 Å². The Morgan fingerprint density at radius 3 is 2.69 bits per heavy atom. The normalized spacial score (nSPS) is 9.85. The Balaban J connectivity index is 3.38. The summed E-state index contributed by atoms with van der Waals surface area (Å²) in [5, 5.41) is -0.512. The number of carbonyl (C=O) groups is 1. The molecule has 0 heterocycles. The van der Waals surface area contributed by atoms with Crippen LogP contribution in [-0.2, 0) is 0 Å². The Morgan fingerprint density at radius 1 is 1.62 bits per heavy atom. The third-order valence-electron chi connectivity index (χ3n) is 1.47. The van der Waals surface area contributed by atoms with Crippen molar-refractivity contribution >= 4 is 55.4 Å². The molecule has 13 heavy (non-hydrogen) atoms. The van der Waals surface area contributed by atoms with E-state index in [4.69, 9.17) is 16.3 Å². The number of ether oxygens (including phenoxy) is 1. The van der Waals surface area contributed by atoms with E-state index in [0.29, 0.717) is 11.3 Å². The van der Waals surface area contributed by atoms with Crippen LogP contribution >= 0.6 is 50.1 Å². The molecule has 1 rings (SSSR count). The van der Waals surface area contributed by atoms with E-state index in [0.717, 1.165) is 8.04 Å². The fourth-order valence-corrected chi connectivity index (χ4v) is 2.04. The van der Waals surface area contributed by atoms with Gasteiger partial charge in [0.05, 0.1) is 16.2 Å². The summed E-state index contributed by atoms with van der Waals surface area (Å²) < 4.78 is 6.80. The summed E-state index contributed by atoms with van der Waals surface area (Å²) in [7, 11) is 1.51. The zero-order valence-electron chi connectivity index (χ0n) is 6.61. The highest BCUT2D eigenvalue weighted by Gasteiger charge is 2.14. The summed E-state index contributed by atoms with van der Waals surface area (Å²) in [5.41, 5.74) is 0.386. The van der Waals surface area contributed by atoms with E-state index < -0.39 is 5.24 Å². The maximum absolute atomic E-state index is 11.0. The first-order valence-electron chi connectivity index (χ1n) is 3.29. The molecule has 0 saturated carbocycles. The van der Waals surface area contributed by atoms with Crippen LogP contribution in [0.4, 0.5) is 0 Å². The number of methoxy groups -OCH3 is 1. The molecular weight excluding hydrogens is 370 g/mol. The average Bonchev–Trinajstić information content (AvgIpc) is 2.09. The molecule has 1 aromatic carbocycles. The van der Waals surface area contributed by atoms with Crippen molar-refractivity contribution in [1.82, 2.24) is 0 Å². The van der Waals surface area contributed by atoms with Crippen LogP contribution in [0.1, 0.15) is 10.4 Å². The third-order valence-corrected chi connectivity index (χ3v) is 4.14. The molecule has 70 valence electrons. The van der Waals surface area contributed by atoms with Gasteiger partial charge in [0.25, 0.3) is 5.24 Å². The Morgan fingerprint density at radius 2 is 2.23 bits per heavy atom. The smallest absolute Gasteiger partial charge is 0.256 e. The quantitative estimate of drug-likeness (QED) is 0.585. The lowest BCUT2D eigenvalue weighted by molar-refractivity contribution is 0.107. The average molecular weight is 375 g/mol. The molecule has 1 aromatic rings. The van der Waals surface area contributed by atoms with Crippen molar-refractivity contribution in [2.24, 2.45) is 0 Å². The van der Waals surface area contributed by atoms with Crippen molar-refractivity contribution in [2.75, 3.05) is 7.11 Å². The highest BCUT2D eigenvalue weighted by atomic mass is 127. The molecule has 0 aliphatic heterocycles. The van der Waals surface area contributed by atoms with E-state index >= 15 is 0 Å². The van der Waals surface area contributed by atoms with Gasteiger partial charge < -0.3 is 4.74 Å². The molecule has 0 aromatic heterocycles. The second kappa shape index (κ2) is 4.61. The van der Waals surface area contributed by atoms with E-state index in [1.807, 2.05) is 0 Å². The molecule has 0 aliphatic rings. The number of hydrogen-bond acceptors (Lipinski definition) is 2. The van der Waals surface area contributed by atoms with Gasteiger partial charge in [-0.05, 0) is 62.3 Å². The van der Waals surface area contributed by atoms with E-state index in [2.05, 4.69) is 38.5 Å². The molecule has 0 radical (unpaired) electrons. The molecule has 0 amide bonds. The molecule has 0 spiro atoms. The molecule has 0 unspecified atom stereocenters. The van der Waals surface area contributed by atoms with Gasteiger partial charge in [-0.3, -0.25) is 4.79 Å². The minimum Gasteiger partial charge on any atom is -0.495 e. The van der Waals surface area contributed by atoms with Gasteiger partial charge in [-0.15, -0.1) is 0 Å². The Hall–Kier alpha value is 0.190. The lowest BCUT2D eigenvalue weighted by Gasteiger charge is -2.08. The Kier molecular flexibility index (Phi) is 4.00. The van der Waals surface area contributed by atoms with Crippen molar-refractivity contribution in [3.63, 3.8) is 0 Å². The van der Waals surface area contributed by atoms with Gasteiger partial charge in [-0.1, -0.05) is 0 Å². The molecular formula is C8H5BrClIO2. The summed E-state index contributed by atoms with van der Waals surface area (Å²) in [6.07, 6.45) is 0. The van der Waals surface area contributed by atoms with Crippen LogP contribution in [0.15, 0.2) is 16.6 Å². The predicted octanol–water partition coefficient (Wildman–Crippen LogP) is 3.44. The Labute approximate surface area is 103 Å². The summed E-state index contributed by atoms with van der Waals surface area (Å²) in [5.74, 6) is 0.509. The van der Waals surface area contributed by atoms with Crippen LogP contribution < -0.4 is 4.74 Å². The molecule has 0 atom stereocenters. The number of hydrogen-bond donors (Lipinski definition) is 0. The highest BCUT2D eigenvalue weighted by Crippen LogP contribution is 2.32. The minimum atomic E-state index is -0.512. The predicted molar refractivity (Wildman–Crippen MR) is 63.6 cm³/mol. The molecule has 0 fully saturated rings. The van der Waals surface area contributed by atoms with Crippen LogP contribution in [0.5, 0.6) is 5.75 Å². The van der Waals surface area contributed by atoms with Gasteiger partial charge in [0, 0.05) is 4.47 Å². The van der Waals surface area contributed by atoms with Crippen molar-refractivity contribution in [1.29, 1.82) is 0 Å². The van der Waals surface area contributed by atoms with Gasteiger partial charge in [0.1, 0.15) is 5.75 Å². The van der Waals surface area contributed by atoms with Crippen LogP contribution in [0.25, 0.3) is 0 Å². The maximum atomic E-state index is 11.0. The minimum absolute atomic E-state index is 0.386. The van der Waals surface area contributed by atoms with E-state index in [9.17, 15) is 4.79 Å². The van der Waals surface area contributed by atoms with Gasteiger partial charge in [0.2, 0.25) is 0 Å². The van der Waals surface area contributed by atoms with Crippen molar-refractivity contribution in [3.8, 4) is 5.75 Å². The SMILES string of the molecule is COc1c(C(=O)Cl)ccc(Br)c1I. The van der Waals surface area contributed by atoms with Gasteiger partial charge >= 0.3 is 0 Å². The molecule has 0 saturated heterocycles. The van der Waals surface area contributed by atoms with Gasteiger partial charge in [0.15, 0.2) is 0 Å². The first kappa shape index (κ1) is 11.3. The zero-order chi connectivity index (χ0) is 10.0. The summed E-state index contributed by atoms with van der Waals surface area (Å²) >= 11 is 10.8. The highest BCUT2D eigenvalue weighted by molar-refractivity contribution is 14.1. The van der Waals surface area contributed by atoms with Crippen molar-refractivity contribution in [3.05, 3.63) is 25.7 Å². The summed E-state index contributed by atoms with van der Waals surface area (Å²) in [4.78, 5) is 11.0. The summed E-state index contributed by atoms with van der Waals surface area (Å²) in [6, 6.07) is 3.39. The zero-order valence-corrected chi connectivity index (χ0v) is 11.1. The number of rotatable bonds is 2. The molecule has 5 heteroatoms. The number of benzene rings is 1. The van der Waals surface area contributed by atoms with Gasteiger partial charge in [-0.2, -0.15) is 0 Å². The second-order valence-electron chi connectivity index (χ2n) is 2.22. The van der Waals surface area contributed by atoms with Crippen molar-refractivity contribution in [2.45, 2.75) is 0 Å². The largest absolute Gasteiger partial charge is 0.495 e. The van der Waals surface area contributed by atoms with Crippen LogP contribution in [0, 0.1) is 3.57 Å². The fourth-order valence-electron chi connectivity index (χ4n) is 0.886. The first-order chi connectivity index (χ1) is 6.07. The molecule has 2 nitrogen and oxygen atoms in total. The van der Waals surface area contributed by atoms with Crippen molar-refractivity contribution < 1.29 is 9.53 Å². The maximum Gasteiger partial charge on any atom is 0.256 e. The molecule has 0 bridgehead atoms. The van der Waals surface area contributed by atoms with Crippen LogP contribution in [-0.4, -0.2) is 12.4 Å². The molecule has 0 aliphatic carbocycles. The topological polar surface area (TPSA) is 26.3 Å². The number of halogens is 3. The second-order valence-corrected chi connectivity index (χ2v) is 4.49. The monoisotopic (exact) mass is 374 g/mol. The lowest BCUT2D eigenvalue weighted by Crippen LogP contribution is -1.98. The van der Waals surface area contributed by atoms with E-state index in [-0.39, 0.29) is 0 Å². The first-order valence-corrected chi connectivity index (χ1v) is 5.54. The van der Waals surface area contributed by atoms with Crippen LogP contribution in [0.2, 0.25) is 0 Å². The lowest BCUT2D eigenvalue weighted by atomic mass is 10.2. The third kappa shape index (κ3) is 2.35. The number of carbonyl (C=O) groups excluding carboxylic acids is 1.